The fourth-order valence-corrected chi connectivity index (χ4v) is 4.34. The van der Waals surface area contributed by atoms with Gasteiger partial charge in [0.05, 0.1) is 6.61 Å². The first-order chi connectivity index (χ1) is 17.3. The summed E-state index contributed by atoms with van der Waals surface area (Å²) in [6.45, 7) is 12.3. The van der Waals surface area contributed by atoms with Crippen LogP contribution in [0.2, 0.25) is 0 Å². The summed E-state index contributed by atoms with van der Waals surface area (Å²) in [6, 6.07) is 9.18. The molecule has 0 bridgehead atoms. The molecule has 9 heteroatoms. The average molecular weight is 530 g/mol. The van der Waals surface area contributed by atoms with E-state index in [0.29, 0.717) is 11.3 Å². The molecule has 8 nitrogen and oxygen atoms in total. The van der Waals surface area contributed by atoms with E-state index in [0.717, 1.165) is 22.3 Å². The molecule has 0 saturated heterocycles. The Hall–Kier alpha value is -3.04. The predicted molar refractivity (Wildman–Crippen MR) is 149 cm³/mol. The van der Waals surface area contributed by atoms with Crippen LogP contribution in [0.1, 0.15) is 54.6 Å². The SMILES string of the molecule is Cc1ccc(C(C(=O)Nc2c(C)cccc2C)N(CCO)C(=O)C(CS)NC(=O)OC(C)(C)C)c(C)c1. The molecule has 2 rings (SSSR count). The van der Waals surface area contributed by atoms with Gasteiger partial charge in [0.15, 0.2) is 0 Å². The Morgan fingerprint density at radius 1 is 1.03 bits per heavy atom. The quantitative estimate of drug-likeness (QED) is 0.364. The third-order valence-corrected chi connectivity index (χ3v) is 6.17. The highest BCUT2D eigenvalue weighted by atomic mass is 32.1. The standard InChI is InChI=1S/C28H39N3O5S/c1-17-11-12-21(20(4)15-17)24(25(33)30-23-18(2)9-8-10-19(23)3)31(13-14-32)26(34)22(16-37)29-27(35)36-28(5,6)7/h8-12,15,22,24,32,37H,13-14,16H2,1-7H3,(H,29,35)(H,30,33). The van der Waals surface area contributed by atoms with Gasteiger partial charge in [0.1, 0.15) is 17.7 Å². The van der Waals surface area contributed by atoms with Crippen LogP contribution in [0, 0.1) is 27.7 Å². The number of rotatable bonds is 9. The van der Waals surface area contributed by atoms with E-state index in [4.69, 9.17) is 4.74 Å². The molecule has 2 aromatic carbocycles. The van der Waals surface area contributed by atoms with Gasteiger partial charge in [-0.3, -0.25) is 9.59 Å². The molecule has 0 aliphatic heterocycles. The maximum atomic E-state index is 13.9. The summed E-state index contributed by atoms with van der Waals surface area (Å²) in [5, 5.41) is 15.4. The topological polar surface area (TPSA) is 108 Å². The zero-order valence-electron chi connectivity index (χ0n) is 22.7. The predicted octanol–water partition coefficient (Wildman–Crippen LogP) is 4.24. The van der Waals surface area contributed by atoms with Gasteiger partial charge in [0.2, 0.25) is 5.91 Å². The molecule has 2 unspecified atom stereocenters. The van der Waals surface area contributed by atoms with Crippen molar-refractivity contribution in [1.82, 2.24) is 10.2 Å². The highest BCUT2D eigenvalue weighted by Crippen LogP contribution is 2.29. The molecule has 0 aromatic heterocycles. The highest BCUT2D eigenvalue weighted by Gasteiger charge is 2.36. The first-order valence-corrected chi connectivity index (χ1v) is 12.9. The number of hydrogen-bond donors (Lipinski definition) is 4. The van der Waals surface area contributed by atoms with Gasteiger partial charge in [-0.25, -0.2) is 4.79 Å². The Morgan fingerprint density at radius 3 is 2.16 bits per heavy atom. The summed E-state index contributed by atoms with van der Waals surface area (Å²) in [5.74, 6) is -1.02. The summed E-state index contributed by atoms with van der Waals surface area (Å²) in [6.07, 6.45) is -0.771. The lowest BCUT2D eigenvalue weighted by Crippen LogP contribution is -2.54. The van der Waals surface area contributed by atoms with Crippen LogP contribution >= 0.6 is 12.6 Å². The molecule has 37 heavy (non-hydrogen) atoms. The number of alkyl carbamates (subject to hydrolysis) is 1. The minimum atomic E-state index is -1.08. The maximum absolute atomic E-state index is 13.9. The van der Waals surface area contributed by atoms with Gasteiger partial charge >= 0.3 is 6.09 Å². The van der Waals surface area contributed by atoms with Crippen molar-refractivity contribution in [1.29, 1.82) is 0 Å². The zero-order valence-corrected chi connectivity index (χ0v) is 23.6. The maximum Gasteiger partial charge on any atom is 0.408 e. The molecular weight excluding hydrogens is 490 g/mol. The van der Waals surface area contributed by atoms with Gasteiger partial charge in [-0.1, -0.05) is 42.0 Å². The largest absolute Gasteiger partial charge is 0.444 e. The van der Waals surface area contributed by atoms with Crippen molar-refractivity contribution < 1.29 is 24.2 Å². The van der Waals surface area contributed by atoms with Gasteiger partial charge in [0.25, 0.3) is 5.91 Å². The van der Waals surface area contributed by atoms with Gasteiger partial charge in [-0.2, -0.15) is 12.6 Å². The average Bonchev–Trinajstić information content (AvgIpc) is 2.79. The second kappa shape index (κ2) is 13.0. The molecule has 3 amide bonds. The molecule has 3 N–H and O–H groups in total. The lowest BCUT2D eigenvalue weighted by Gasteiger charge is -2.34. The van der Waals surface area contributed by atoms with Crippen LogP contribution in [0.15, 0.2) is 36.4 Å². The smallest absolute Gasteiger partial charge is 0.408 e. The van der Waals surface area contributed by atoms with E-state index in [1.807, 2.05) is 64.1 Å². The number of anilines is 1. The number of ether oxygens (including phenoxy) is 1. The monoisotopic (exact) mass is 529 g/mol. The summed E-state index contributed by atoms with van der Waals surface area (Å²) in [4.78, 5) is 41.4. The number of carbonyl (C=O) groups excluding carboxylic acids is 3. The van der Waals surface area contributed by atoms with Crippen molar-refractivity contribution in [2.24, 2.45) is 0 Å². The fourth-order valence-electron chi connectivity index (χ4n) is 4.10. The molecular formula is C28H39N3O5S. The number of amides is 3. The van der Waals surface area contributed by atoms with Crippen molar-refractivity contribution in [2.45, 2.75) is 66.2 Å². The number of nitrogens with one attached hydrogen (secondary N) is 2. The van der Waals surface area contributed by atoms with E-state index >= 15 is 0 Å². The molecule has 0 radical (unpaired) electrons. The normalized spacial score (nSPS) is 12.9. The van der Waals surface area contributed by atoms with Crippen LogP contribution in [-0.2, 0) is 14.3 Å². The number of aryl methyl sites for hydroxylation is 4. The second-order valence-corrected chi connectivity index (χ2v) is 10.5. The van der Waals surface area contributed by atoms with Gasteiger partial charge in [-0.15, -0.1) is 0 Å². The van der Waals surface area contributed by atoms with Crippen LogP contribution in [0.25, 0.3) is 0 Å². The molecule has 202 valence electrons. The van der Waals surface area contributed by atoms with Crippen molar-refractivity contribution in [3.63, 3.8) is 0 Å². The van der Waals surface area contributed by atoms with Gasteiger partial charge in [0, 0.05) is 18.0 Å². The van der Waals surface area contributed by atoms with Crippen LogP contribution in [0.4, 0.5) is 10.5 Å². The Labute approximate surface area is 225 Å². The lowest BCUT2D eigenvalue weighted by atomic mass is 9.96. The van der Waals surface area contributed by atoms with E-state index in [9.17, 15) is 19.5 Å². The number of benzene rings is 2. The van der Waals surface area contributed by atoms with Crippen LogP contribution in [0.5, 0.6) is 0 Å². The number of hydrogen-bond acceptors (Lipinski definition) is 6. The summed E-state index contributed by atoms with van der Waals surface area (Å²) < 4.78 is 5.31. The van der Waals surface area contributed by atoms with E-state index < -0.39 is 35.6 Å². The van der Waals surface area contributed by atoms with E-state index in [1.54, 1.807) is 20.8 Å². The molecule has 0 aliphatic rings. The molecule has 0 saturated carbocycles. The summed E-state index contributed by atoms with van der Waals surface area (Å²) in [5.41, 5.74) is 4.11. The summed E-state index contributed by atoms with van der Waals surface area (Å²) >= 11 is 4.27. The molecule has 0 aliphatic carbocycles. The third-order valence-electron chi connectivity index (χ3n) is 5.80. The van der Waals surface area contributed by atoms with Crippen molar-refractivity contribution >= 4 is 36.2 Å². The first kappa shape index (κ1) is 30.2. The molecule has 0 fully saturated rings. The van der Waals surface area contributed by atoms with E-state index in [-0.39, 0.29) is 18.9 Å². The molecule has 2 atom stereocenters. The van der Waals surface area contributed by atoms with Gasteiger partial charge in [-0.05, 0) is 70.7 Å². The Kier molecular flexibility index (Phi) is 10.6. The minimum Gasteiger partial charge on any atom is -0.444 e. The summed E-state index contributed by atoms with van der Waals surface area (Å²) in [7, 11) is 0. The number of nitrogens with zero attached hydrogens (tertiary/aromatic N) is 1. The fraction of sp³-hybridized carbons (Fsp3) is 0.464. The molecule has 0 spiro atoms. The number of aliphatic hydroxyl groups is 1. The Morgan fingerprint density at radius 2 is 1.65 bits per heavy atom. The number of para-hydroxylation sites is 1. The minimum absolute atomic E-state index is 0.0296. The lowest BCUT2D eigenvalue weighted by molar-refractivity contribution is -0.140. The van der Waals surface area contributed by atoms with Crippen molar-refractivity contribution in [3.8, 4) is 0 Å². The molecule has 2 aromatic rings. The van der Waals surface area contributed by atoms with Crippen molar-refractivity contribution in [3.05, 3.63) is 64.2 Å². The number of thiol groups is 1. The number of aliphatic hydroxyl groups excluding tert-OH is 1. The third kappa shape index (κ3) is 8.23. The number of carbonyl (C=O) groups is 3. The Bertz CT molecular complexity index is 1110. The van der Waals surface area contributed by atoms with Crippen LogP contribution in [-0.4, -0.2) is 58.5 Å². The molecule has 0 heterocycles. The van der Waals surface area contributed by atoms with E-state index in [1.165, 1.54) is 4.90 Å². The van der Waals surface area contributed by atoms with Crippen LogP contribution < -0.4 is 10.6 Å². The van der Waals surface area contributed by atoms with E-state index in [2.05, 4.69) is 23.3 Å². The highest BCUT2D eigenvalue weighted by molar-refractivity contribution is 7.80. The first-order valence-electron chi connectivity index (χ1n) is 12.2. The van der Waals surface area contributed by atoms with Crippen LogP contribution in [0.3, 0.4) is 0 Å². The Balaban J connectivity index is 2.53. The second-order valence-electron chi connectivity index (χ2n) is 10.2. The van der Waals surface area contributed by atoms with Crippen molar-refractivity contribution in [2.75, 3.05) is 24.2 Å². The zero-order chi connectivity index (χ0) is 27.9. The van der Waals surface area contributed by atoms with Gasteiger partial charge < -0.3 is 25.4 Å².